The summed E-state index contributed by atoms with van der Waals surface area (Å²) >= 11 is 0. The molecule has 2 aromatic carbocycles. The molecular formula is C20H21NO5. The van der Waals surface area contributed by atoms with Crippen LogP contribution in [-0.4, -0.2) is 42.1 Å². The Balaban J connectivity index is 1.80. The van der Waals surface area contributed by atoms with Crippen molar-refractivity contribution in [3.63, 3.8) is 0 Å². The number of fused-ring (bicyclic) bond motifs is 1. The number of ether oxygens (including phenoxy) is 2. The number of methoxy groups -OCH3 is 1. The molecule has 1 unspecified atom stereocenters. The van der Waals surface area contributed by atoms with Gasteiger partial charge in [0.15, 0.2) is 0 Å². The fraction of sp³-hybridized carbons (Fsp3) is 0.300. The Bertz CT molecular complexity index is 790. The van der Waals surface area contributed by atoms with Gasteiger partial charge >= 0.3 is 11.9 Å². The fourth-order valence-electron chi connectivity index (χ4n) is 3.22. The first-order valence-electron chi connectivity index (χ1n) is 8.41. The molecular weight excluding hydrogens is 334 g/mol. The van der Waals surface area contributed by atoms with E-state index in [1.165, 1.54) is 7.11 Å². The van der Waals surface area contributed by atoms with Crippen molar-refractivity contribution in [2.24, 2.45) is 0 Å². The Morgan fingerprint density at radius 2 is 1.96 bits per heavy atom. The molecule has 1 N–H and O–H groups in total. The predicted octanol–water partition coefficient (Wildman–Crippen LogP) is 2.42. The second kappa shape index (κ2) is 8.01. The van der Waals surface area contributed by atoms with Crippen LogP contribution in [0.25, 0.3) is 0 Å². The third kappa shape index (κ3) is 4.03. The lowest BCUT2D eigenvalue weighted by molar-refractivity contribution is -0.150. The topological polar surface area (TPSA) is 76.1 Å². The lowest BCUT2D eigenvalue weighted by Gasteiger charge is -2.34. The van der Waals surface area contributed by atoms with E-state index in [0.717, 1.165) is 22.4 Å². The molecule has 0 bridgehead atoms. The summed E-state index contributed by atoms with van der Waals surface area (Å²) in [6.45, 7) is 0.734. The monoisotopic (exact) mass is 355 g/mol. The van der Waals surface area contributed by atoms with Crippen LogP contribution in [0.5, 0.6) is 5.75 Å². The van der Waals surface area contributed by atoms with E-state index < -0.39 is 18.0 Å². The zero-order valence-electron chi connectivity index (χ0n) is 14.6. The van der Waals surface area contributed by atoms with Crippen LogP contribution >= 0.6 is 0 Å². The summed E-state index contributed by atoms with van der Waals surface area (Å²) in [5.74, 6) is -0.696. The highest BCUT2D eigenvalue weighted by Crippen LogP contribution is 2.33. The molecule has 1 heterocycles. The van der Waals surface area contributed by atoms with E-state index in [9.17, 15) is 9.59 Å². The normalized spacial score (nSPS) is 16.6. The molecule has 1 aliphatic heterocycles. The minimum atomic E-state index is -0.967. The highest BCUT2D eigenvalue weighted by Gasteiger charge is 2.35. The number of carboxylic acids is 1. The Hall–Kier alpha value is -2.86. The van der Waals surface area contributed by atoms with Crippen LogP contribution in [0, 0.1) is 0 Å². The number of carboxylic acid groups (broad SMARTS) is 1. The van der Waals surface area contributed by atoms with Crippen molar-refractivity contribution in [2.45, 2.75) is 19.1 Å². The van der Waals surface area contributed by atoms with Crippen molar-refractivity contribution in [1.29, 1.82) is 0 Å². The second-order valence-electron chi connectivity index (χ2n) is 6.17. The Kier molecular flexibility index (Phi) is 5.53. The average Bonchev–Trinajstić information content (AvgIpc) is 2.66. The summed E-state index contributed by atoms with van der Waals surface area (Å²) < 4.78 is 10.7. The van der Waals surface area contributed by atoms with E-state index >= 15 is 0 Å². The van der Waals surface area contributed by atoms with E-state index in [4.69, 9.17) is 14.6 Å². The minimum Gasteiger partial charge on any atom is -0.489 e. The lowest BCUT2D eigenvalue weighted by atomic mass is 9.92. The van der Waals surface area contributed by atoms with Crippen molar-refractivity contribution >= 4 is 11.9 Å². The van der Waals surface area contributed by atoms with Crippen LogP contribution in [0.15, 0.2) is 48.5 Å². The third-order valence-corrected chi connectivity index (χ3v) is 4.45. The molecule has 0 aliphatic carbocycles. The van der Waals surface area contributed by atoms with Gasteiger partial charge in [-0.1, -0.05) is 36.4 Å². The van der Waals surface area contributed by atoms with E-state index in [-0.39, 0.29) is 6.54 Å². The van der Waals surface area contributed by atoms with E-state index in [1.54, 1.807) is 4.90 Å². The number of rotatable bonds is 6. The van der Waals surface area contributed by atoms with E-state index in [2.05, 4.69) is 0 Å². The van der Waals surface area contributed by atoms with E-state index in [1.807, 2.05) is 48.5 Å². The van der Waals surface area contributed by atoms with E-state index in [0.29, 0.717) is 19.6 Å². The summed E-state index contributed by atoms with van der Waals surface area (Å²) in [5, 5.41) is 9.09. The van der Waals surface area contributed by atoms with Gasteiger partial charge in [0.05, 0.1) is 13.7 Å². The number of esters is 1. The van der Waals surface area contributed by atoms with Crippen LogP contribution in [-0.2, 0) is 27.4 Å². The molecule has 6 heteroatoms. The van der Waals surface area contributed by atoms with Crippen molar-refractivity contribution in [3.05, 3.63) is 65.2 Å². The summed E-state index contributed by atoms with van der Waals surface area (Å²) in [5.41, 5.74) is 2.83. The van der Waals surface area contributed by atoms with Crippen molar-refractivity contribution < 1.29 is 24.2 Å². The summed E-state index contributed by atoms with van der Waals surface area (Å²) in [6.07, 6.45) is 0.651. The zero-order valence-corrected chi connectivity index (χ0v) is 14.6. The maximum Gasteiger partial charge on any atom is 0.327 e. The highest BCUT2D eigenvalue weighted by atomic mass is 16.5. The zero-order chi connectivity index (χ0) is 18.5. The fourth-order valence-corrected chi connectivity index (χ4v) is 3.22. The maximum absolute atomic E-state index is 12.2. The molecule has 0 saturated carbocycles. The van der Waals surface area contributed by atoms with Gasteiger partial charge in [0.25, 0.3) is 0 Å². The van der Waals surface area contributed by atoms with Gasteiger partial charge in [-0.05, 0) is 35.2 Å². The molecule has 1 aliphatic rings. The molecule has 6 nitrogen and oxygen atoms in total. The Morgan fingerprint density at radius 1 is 1.19 bits per heavy atom. The molecule has 1 atom stereocenters. The number of aliphatic carboxylic acids is 1. The van der Waals surface area contributed by atoms with Gasteiger partial charge in [-0.3, -0.25) is 9.69 Å². The molecule has 0 aromatic heterocycles. The Labute approximate surface area is 152 Å². The van der Waals surface area contributed by atoms with Crippen molar-refractivity contribution in [3.8, 4) is 5.75 Å². The van der Waals surface area contributed by atoms with Crippen molar-refractivity contribution in [1.82, 2.24) is 4.90 Å². The van der Waals surface area contributed by atoms with Crippen LogP contribution in [0.4, 0.5) is 0 Å². The molecule has 3 rings (SSSR count). The second-order valence-corrected chi connectivity index (χ2v) is 6.17. The minimum absolute atomic E-state index is 0.203. The molecule has 0 spiro atoms. The molecule has 26 heavy (non-hydrogen) atoms. The highest BCUT2D eigenvalue weighted by molar-refractivity contribution is 5.80. The number of carbonyl (C=O) groups excluding carboxylic acids is 1. The lowest BCUT2D eigenvalue weighted by Crippen LogP contribution is -2.42. The third-order valence-electron chi connectivity index (χ3n) is 4.45. The number of hydrogen-bond acceptors (Lipinski definition) is 5. The maximum atomic E-state index is 12.2. The molecule has 0 amide bonds. The molecule has 2 aromatic rings. The van der Waals surface area contributed by atoms with Crippen LogP contribution < -0.4 is 4.74 Å². The number of benzene rings is 2. The summed E-state index contributed by atoms with van der Waals surface area (Å²) in [4.78, 5) is 25.0. The standard InChI is InChI=1S/C20H21NO5/c1-25-20(24)19-17-8-7-16(26-13-14-5-3-2-4-6-14)11-15(17)9-10-21(19)12-18(22)23/h2-8,11,19H,9-10,12-13H2,1H3,(H,22,23). The van der Waals surface area contributed by atoms with Crippen LogP contribution in [0.3, 0.4) is 0 Å². The van der Waals surface area contributed by atoms with Crippen molar-refractivity contribution in [2.75, 3.05) is 20.2 Å². The van der Waals surface area contributed by atoms with Gasteiger partial charge in [-0.25, -0.2) is 4.79 Å². The molecule has 0 saturated heterocycles. The first-order valence-corrected chi connectivity index (χ1v) is 8.41. The smallest absolute Gasteiger partial charge is 0.327 e. The molecule has 0 fully saturated rings. The number of nitrogens with zero attached hydrogens (tertiary/aromatic N) is 1. The SMILES string of the molecule is COC(=O)C1c2ccc(OCc3ccccc3)cc2CCN1CC(=O)O. The quantitative estimate of drug-likeness (QED) is 0.802. The predicted molar refractivity (Wildman–Crippen MR) is 94.9 cm³/mol. The number of hydrogen-bond donors (Lipinski definition) is 1. The van der Waals surface area contributed by atoms with Crippen LogP contribution in [0.2, 0.25) is 0 Å². The van der Waals surface area contributed by atoms with Gasteiger partial charge in [-0.2, -0.15) is 0 Å². The molecule has 0 radical (unpaired) electrons. The first-order chi connectivity index (χ1) is 12.6. The largest absolute Gasteiger partial charge is 0.489 e. The van der Waals surface area contributed by atoms with Gasteiger partial charge in [0.1, 0.15) is 18.4 Å². The van der Waals surface area contributed by atoms with Gasteiger partial charge in [0, 0.05) is 6.54 Å². The summed E-state index contributed by atoms with van der Waals surface area (Å²) in [7, 11) is 1.31. The van der Waals surface area contributed by atoms with Gasteiger partial charge in [0.2, 0.25) is 0 Å². The summed E-state index contributed by atoms with van der Waals surface area (Å²) in [6, 6.07) is 14.7. The van der Waals surface area contributed by atoms with Gasteiger partial charge < -0.3 is 14.6 Å². The van der Waals surface area contributed by atoms with Crippen LogP contribution in [0.1, 0.15) is 22.7 Å². The van der Waals surface area contributed by atoms with Gasteiger partial charge in [-0.15, -0.1) is 0 Å². The number of carbonyl (C=O) groups is 2. The molecule has 136 valence electrons. The first kappa shape index (κ1) is 17.9. The average molecular weight is 355 g/mol. The Morgan fingerprint density at radius 3 is 2.65 bits per heavy atom.